The SMILES string of the molecule is Cc1cccc2nc(CNc3ccc(S(=O)(=O)C(F)(F)F)cc3[N+](=O)[O-])n(C)c12. The topological polar surface area (TPSA) is 107 Å². The van der Waals surface area contributed by atoms with Gasteiger partial charge in [0.25, 0.3) is 15.5 Å². The number of hydrogen-bond donors (Lipinski definition) is 1. The summed E-state index contributed by atoms with van der Waals surface area (Å²) in [6, 6.07) is 7.57. The van der Waals surface area contributed by atoms with Gasteiger partial charge in [-0.25, -0.2) is 13.4 Å². The lowest BCUT2D eigenvalue weighted by Gasteiger charge is -2.11. The van der Waals surface area contributed by atoms with Gasteiger partial charge in [0.2, 0.25) is 0 Å². The van der Waals surface area contributed by atoms with Crippen molar-refractivity contribution in [2.45, 2.75) is 23.9 Å². The Morgan fingerprint density at radius 1 is 1.24 bits per heavy atom. The number of sulfone groups is 1. The summed E-state index contributed by atoms with van der Waals surface area (Å²) in [6.45, 7) is 1.95. The highest BCUT2D eigenvalue weighted by Crippen LogP contribution is 2.35. The van der Waals surface area contributed by atoms with E-state index in [1.54, 1.807) is 11.6 Å². The van der Waals surface area contributed by atoms with E-state index in [2.05, 4.69) is 10.3 Å². The normalized spacial score (nSPS) is 12.3. The number of aryl methyl sites for hydroxylation is 2. The van der Waals surface area contributed by atoms with Crippen LogP contribution in [0.5, 0.6) is 0 Å². The molecule has 1 N–H and O–H groups in total. The maximum absolute atomic E-state index is 12.7. The standard InChI is InChI=1S/C17H15F3N4O4S/c1-10-4-3-5-13-16(10)23(2)15(22-13)9-21-12-7-6-11(8-14(12)24(25)26)29(27,28)17(18,19)20/h3-8,21H,9H2,1-2H3. The van der Waals surface area contributed by atoms with E-state index in [0.29, 0.717) is 18.0 Å². The van der Waals surface area contributed by atoms with Crippen LogP contribution in [0.15, 0.2) is 41.3 Å². The second-order valence-electron chi connectivity index (χ2n) is 6.27. The van der Waals surface area contributed by atoms with Crippen LogP contribution in [0.2, 0.25) is 0 Å². The van der Waals surface area contributed by atoms with Gasteiger partial charge in [0, 0.05) is 13.1 Å². The molecule has 3 rings (SSSR count). The molecule has 0 radical (unpaired) electrons. The largest absolute Gasteiger partial charge is 0.501 e. The van der Waals surface area contributed by atoms with Crippen LogP contribution in [0.4, 0.5) is 24.5 Å². The van der Waals surface area contributed by atoms with Crippen molar-refractivity contribution in [3.63, 3.8) is 0 Å². The lowest BCUT2D eigenvalue weighted by atomic mass is 10.2. The number of nitrogens with one attached hydrogen (secondary N) is 1. The molecule has 1 aromatic heterocycles. The van der Waals surface area contributed by atoms with Crippen LogP contribution in [0.25, 0.3) is 11.0 Å². The summed E-state index contributed by atoms with van der Waals surface area (Å²) in [5.41, 5.74) is -3.88. The minimum Gasteiger partial charge on any atom is -0.372 e. The first-order valence-electron chi connectivity index (χ1n) is 8.18. The second-order valence-corrected chi connectivity index (χ2v) is 8.21. The van der Waals surface area contributed by atoms with Crippen molar-refractivity contribution in [2.24, 2.45) is 7.05 Å². The van der Waals surface area contributed by atoms with Gasteiger partial charge in [0.05, 0.1) is 27.4 Å². The number of nitrogens with zero attached hydrogens (tertiary/aromatic N) is 3. The van der Waals surface area contributed by atoms with Crippen molar-refractivity contribution in [3.05, 3.63) is 57.9 Å². The number of hydrogen-bond acceptors (Lipinski definition) is 6. The van der Waals surface area contributed by atoms with Gasteiger partial charge in [-0.05, 0) is 30.7 Å². The number of nitro benzene ring substituents is 1. The molecule has 2 aromatic carbocycles. The van der Waals surface area contributed by atoms with E-state index in [0.717, 1.165) is 22.7 Å². The minimum absolute atomic E-state index is 0.0385. The molecule has 154 valence electrons. The summed E-state index contributed by atoms with van der Waals surface area (Å²) in [5, 5.41) is 14.0. The number of rotatable bonds is 5. The molecule has 8 nitrogen and oxygen atoms in total. The number of fused-ring (bicyclic) bond motifs is 1. The summed E-state index contributed by atoms with van der Waals surface area (Å²) in [7, 11) is -3.92. The van der Waals surface area contributed by atoms with Crippen LogP contribution < -0.4 is 5.32 Å². The Hall–Kier alpha value is -3.15. The van der Waals surface area contributed by atoms with Gasteiger partial charge in [0.1, 0.15) is 11.5 Å². The molecule has 0 aliphatic heterocycles. The van der Waals surface area contributed by atoms with Crippen molar-refractivity contribution in [3.8, 4) is 0 Å². The summed E-state index contributed by atoms with van der Waals surface area (Å²) in [4.78, 5) is 13.6. The quantitative estimate of drug-likeness (QED) is 0.491. The van der Waals surface area contributed by atoms with Gasteiger partial charge < -0.3 is 9.88 Å². The van der Waals surface area contributed by atoms with E-state index in [1.165, 1.54) is 0 Å². The van der Waals surface area contributed by atoms with E-state index in [-0.39, 0.29) is 12.2 Å². The molecule has 0 bridgehead atoms. The van der Waals surface area contributed by atoms with Gasteiger partial charge in [-0.15, -0.1) is 0 Å². The average Bonchev–Trinajstić information content (AvgIpc) is 2.95. The van der Waals surface area contributed by atoms with Crippen LogP contribution in [0.1, 0.15) is 11.4 Å². The molecular weight excluding hydrogens is 413 g/mol. The van der Waals surface area contributed by atoms with Crippen LogP contribution in [-0.4, -0.2) is 28.4 Å². The third-order valence-corrected chi connectivity index (χ3v) is 5.89. The monoisotopic (exact) mass is 428 g/mol. The van der Waals surface area contributed by atoms with Gasteiger partial charge in [-0.2, -0.15) is 13.2 Å². The first-order chi connectivity index (χ1) is 13.4. The third-order valence-electron chi connectivity index (χ3n) is 4.41. The Morgan fingerprint density at radius 3 is 2.52 bits per heavy atom. The molecule has 3 aromatic rings. The fourth-order valence-electron chi connectivity index (χ4n) is 2.96. The molecule has 0 spiro atoms. The highest BCUT2D eigenvalue weighted by Gasteiger charge is 2.47. The van der Waals surface area contributed by atoms with Gasteiger partial charge in [-0.1, -0.05) is 12.1 Å². The van der Waals surface area contributed by atoms with E-state index in [9.17, 15) is 31.7 Å². The number of alkyl halides is 3. The van der Waals surface area contributed by atoms with Crippen molar-refractivity contribution in [2.75, 3.05) is 5.32 Å². The number of benzene rings is 2. The molecule has 0 amide bonds. The molecule has 0 aliphatic carbocycles. The predicted molar refractivity (Wildman–Crippen MR) is 99.1 cm³/mol. The van der Waals surface area contributed by atoms with Crippen LogP contribution in [0, 0.1) is 17.0 Å². The number of imidazole rings is 1. The van der Waals surface area contributed by atoms with Crippen molar-refractivity contribution >= 4 is 32.2 Å². The molecular formula is C17H15F3N4O4S. The molecule has 0 saturated heterocycles. The summed E-state index contributed by atoms with van der Waals surface area (Å²) in [6.07, 6.45) is 0. The Bertz CT molecular complexity index is 1220. The Morgan fingerprint density at radius 2 is 1.93 bits per heavy atom. The van der Waals surface area contributed by atoms with Crippen molar-refractivity contribution in [1.82, 2.24) is 9.55 Å². The van der Waals surface area contributed by atoms with E-state index >= 15 is 0 Å². The van der Waals surface area contributed by atoms with E-state index in [1.807, 2.05) is 25.1 Å². The molecule has 1 heterocycles. The van der Waals surface area contributed by atoms with Gasteiger partial charge in [0.15, 0.2) is 0 Å². The van der Waals surface area contributed by atoms with E-state index in [4.69, 9.17) is 0 Å². The van der Waals surface area contributed by atoms with E-state index < -0.39 is 30.9 Å². The maximum Gasteiger partial charge on any atom is 0.501 e. The highest BCUT2D eigenvalue weighted by atomic mass is 32.2. The zero-order valence-electron chi connectivity index (χ0n) is 15.2. The Balaban J connectivity index is 1.95. The lowest BCUT2D eigenvalue weighted by molar-refractivity contribution is -0.384. The summed E-state index contributed by atoms with van der Waals surface area (Å²) < 4.78 is 63.0. The van der Waals surface area contributed by atoms with Gasteiger partial charge in [-0.3, -0.25) is 10.1 Å². The fraction of sp³-hybridized carbons (Fsp3) is 0.235. The lowest BCUT2D eigenvalue weighted by Crippen LogP contribution is -2.23. The zero-order valence-corrected chi connectivity index (χ0v) is 16.0. The molecule has 12 heteroatoms. The van der Waals surface area contributed by atoms with Crippen LogP contribution >= 0.6 is 0 Å². The Kier molecular flexibility index (Phi) is 4.99. The molecule has 29 heavy (non-hydrogen) atoms. The fourth-order valence-corrected chi connectivity index (χ4v) is 3.74. The molecule has 0 unspecified atom stereocenters. The van der Waals surface area contributed by atoms with Crippen LogP contribution in [0.3, 0.4) is 0 Å². The predicted octanol–water partition coefficient (Wildman–Crippen LogP) is 3.70. The first kappa shape index (κ1) is 20.6. The number of halogens is 3. The smallest absolute Gasteiger partial charge is 0.372 e. The number of nitro groups is 1. The van der Waals surface area contributed by atoms with Crippen molar-refractivity contribution in [1.29, 1.82) is 0 Å². The highest BCUT2D eigenvalue weighted by molar-refractivity contribution is 7.92. The summed E-state index contributed by atoms with van der Waals surface area (Å²) in [5.74, 6) is 0.538. The minimum atomic E-state index is -5.69. The maximum atomic E-state index is 12.7. The summed E-state index contributed by atoms with van der Waals surface area (Å²) >= 11 is 0. The zero-order chi connectivity index (χ0) is 21.6. The molecule has 0 saturated carbocycles. The van der Waals surface area contributed by atoms with Crippen molar-refractivity contribution < 1.29 is 26.5 Å². The van der Waals surface area contributed by atoms with Gasteiger partial charge >= 0.3 is 5.51 Å². The molecule has 0 fully saturated rings. The number of para-hydroxylation sites is 1. The second kappa shape index (κ2) is 7.03. The van der Waals surface area contributed by atoms with Crippen LogP contribution in [-0.2, 0) is 23.4 Å². The number of anilines is 1. The third kappa shape index (κ3) is 3.62. The first-order valence-corrected chi connectivity index (χ1v) is 9.66. The molecule has 0 atom stereocenters. The Labute approximate surface area is 163 Å². The molecule has 0 aliphatic rings. The number of aromatic nitrogens is 2. The average molecular weight is 428 g/mol.